The highest BCUT2D eigenvalue weighted by Crippen LogP contribution is 2.31. The molecule has 1 saturated carbocycles. The van der Waals surface area contributed by atoms with Gasteiger partial charge in [0.1, 0.15) is 17.8 Å². The molecular weight excluding hydrogens is 578 g/mol. The molecule has 0 radical (unpaired) electrons. The molecule has 0 bridgehead atoms. The van der Waals surface area contributed by atoms with E-state index in [2.05, 4.69) is 45.1 Å². The summed E-state index contributed by atoms with van der Waals surface area (Å²) in [6, 6.07) is -2.84. The molecule has 1 saturated heterocycles. The lowest BCUT2D eigenvalue weighted by Crippen LogP contribution is -2.60. The van der Waals surface area contributed by atoms with Crippen molar-refractivity contribution in [2.24, 2.45) is 11.3 Å². The van der Waals surface area contributed by atoms with Crippen molar-refractivity contribution < 1.29 is 28.8 Å². The van der Waals surface area contributed by atoms with E-state index in [1.807, 2.05) is 13.8 Å². The monoisotopic (exact) mass is 629 g/mol. The molecule has 3 rings (SSSR count). The summed E-state index contributed by atoms with van der Waals surface area (Å²) in [6.45, 7) is 13.3. The summed E-state index contributed by atoms with van der Waals surface area (Å²) in [5.74, 6) is -3.64. The van der Waals surface area contributed by atoms with E-state index in [1.165, 1.54) is 29.9 Å². The van der Waals surface area contributed by atoms with E-state index >= 15 is 0 Å². The molecule has 2 aliphatic rings. The minimum absolute atomic E-state index is 0.0109. The normalized spacial score (nSPS) is 18.9. The number of amides is 5. The number of aromatic nitrogens is 2. The second-order valence-electron chi connectivity index (χ2n) is 12.7. The van der Waals surface area contributed by atoms with Gasteiger partial charge in [-0.3, -0.25) is 33.8 Å². The van der Waals surface area contributed by atoms with E-state index in [9.17, 15) is 28.8 Å². The van der Waals surface area contributed by atoms with Crippen LogP contribution in [0.4, 0.5) is 0 Å². The highest BCUT2D eigenvalue weighted by atomic mass is 16.2. The molecule has 2 fully saturated rings. The van der Waals surface area contributed by atoms with E-state index in [-0.39, 0.29) is 24.2 Å². The van der Waals surface area contributed by atoms with Gasteiger partial charge in [0.05, 0.1) is 18.8 Å². The Kier molecular flexibility index (Phi) is 14.5. The highest BCUT2D eigenvalue weighted by Gasteiger charge is 2.46. The molecule has 4 N–H and O–H groups in total. The summed E-state index contributed by atoms with van der Waals surface area (Å²) in [5.41, 5.74) is -0.677. The third-order valence-electron chi connectivity index (χ3n) is 7.57. The van der Waals surface area contributed by atoms with Crippen molar-refractivity contribution in [2.75, 3.05) is 13.1 Å². The number of carbonyl (C=O) groups is 6. The van der Waals surface area contributed by atoms with Crippen molar-refractivity contribution in [3.8, 4) is 0 Å². The number of hydrogen-bond acceptors (Lipinski definition) is 8. The van der Waals surface area contributed by atoms with Gasteiger partial charge in [0, 0.05) is 25.0 Å². The summed E-state index contributed by atoms with van der Waals surface area (Å²) in [5, 5.41) is 10.6. The van der Waals surface area contributed by atoms with Crippen molar-refractivity contribution >= 4 is 35.3 Å². The molecule has 1 aliphatic carbocycles. The fourth-order valence-corrected chi connectivity index (χ4v) is 5.04. The van der Waals surface area contributed by atoms with Crippen molar-refractivity contribution in [2.45, 2.75) is 118 Å². The Morgan fingerprint density at radius 3 is 2.18 bits per heavy atom. The molecule has 0 aromatic carbocycles. The summed E-state index contributed by atoms with van der Waals surface area (Å²) in [4.78, 5) is 87.2. The van der Waals surface area contributed by atoms with E-state index in [0.717, 1.165) is 12.8 Å². The maximum atomic E-state index is 13.9. The van der Waals surface area contributed by atoms with E-state index in [1.54, 1.807) is 20.8 Å². The van der Waals surface area contributed by atoms with Crippen molar-refractivity contribution in [1.82, 2.24) is 36.1 Å². The van der Waals surface area contributed by atoms with Gasteiger partial charge in [-0.05, 0) is 37.0 Å². The molecule has 13 nitrogen and oxygen atoms in total. The van der Waals surface area contributed by atoms with E-state index < -0.39 is 58.9 Å². The van der Waals surface area contributed by atoms with Crippen LogP contribution in [0.1, 0.15) is 104 Å². The van der Waals surface area contributed by atoms with Crippen molar-refractivity contribution in [3.63, 3.8) is 0 Å². The minimum atomic E-state index is -0.998. The first kappa shape index (κ1) is 37.3. The maximum Gasteiger partial charge on any atom is 0.289 e. The largest absolute Gasteiger partial charge is 0.347 e. The van der Waals surface area contributed by atoms with Gasteiger partial charge in [-0.15, -0.1) is 0 Å². The van der Waals surface area contributed by atoms with Crippen LogP contribution in [0.5, 0.6) is 0 Å². The topological polar surface area (TPSA) is 180 Å². The first-order valence-corrected chi connectivity index (χ1v) is 16.1. The molecule has 0 spiro atoms. The first-order valence-electron chi connectivity index (χ1n) is 16.1. The van der Waals surface area contributed by atoms with Crippen LogP contribution >= 0.6 is 0 Å². The van der Waals surface area contributed by atoms with Crippen molar-refractivity contribution in [1.29, 1.82) is 0 Å². The Labute approximate surface area is 266 Å². The first-order chi connectivity index (χ1) is 21.3. The Morgan fingerprint density at radius 1 is 0.978 bits per heavy atom. The van der Waals surface area contributed by atoms with Crippen LogP contribution in [-0.2, 0) is 24.0 Å². The van der Waals surface area contributed by atoms with Gasteiger partial charge in [0.25, 0.3) is 11.8 Å². The van der Waals surface area contributed by atoms with Crippen LogP contribution in [-0.4, -0.2) is 87.4 Å². The van der Waals surface area contributed by atoms with Crippen LogP contribution in [0.3, 0.4) is 0 Å². The second-order valence-corrected chi connectivity index (χ2v) is 12.7. The Morgan fingerprint density at radius 2 is 1.64 bits per heavy atom. The lowest BCUT2D eigenvalue weighted by atomic mass is 9.85. The minimum Gasteiger partial charge on any atom is -0.347 e. The Hall–Kier alpha value is -3.90. The second kappa shape index (κ2) is 17.6. The van der Waals surface area contributed by atoms with Gasteiger partial charge < -0.3 is 26.2 Å². The standard InChI is InChI=1S/C29H43N7O6.C3H8/c1-6-8-19(23(38)27(41)33-18-9-10-18)34-26(40)22-17(7-2)11-14-36(22)28(42)24(29(3,4)5)35-21(37)16-32-25(39)20-15-30-12-13-31-20;1-3-2/h12-13,15,17-19,22,24H,6-11,14,16H2,1-5H3,(H,32,39)(H,33,41)(H,34,40)(H,35,37);3H2,1-2H3/t17-,19?,22?,24?;/m0./s1. The number of ketones is 1. The lowest BCUT2D eigenvalue weighted by molar-refractivity contribution is -0.145. The third kappa shape index (κ3) is 11.2. The Bertz CT molecular complexity index is 1180. The average molecular weight is 630 g/mol. The van der Waals surface area contributed by atoms with E-state index in [4.69, 9.17) is 0 Å². The zero-order valence-corrected chi connectivity index (χ0v) is 27.8. The van der Waals surface area contributed by atoms with Crippen LogP contribution in [0.2, 0.25) is 0 Å². The molecular formula is C32H51N7O6. The fraction of sp³-hybridized carbons (Fsp3) is 0.688. The molecule has 5 amide bonds. The molecule has 1 aromatic heterocycles. The molecule has 4 atom stereocenters. The third-order valence-corrected chi connectivity index (χ3v) is 7.57. The Balaban J connectivity index is 0.00000226. The van der Waals surface area contributed by atoms with Gasteiger partial charge in [0.2, 0.25) is 23.5 Å². The zero-order valence-electron chi connectivity index (χ0n) is 27.8. The SMILES string of the molecule is CCC.CCCC(NC(=O)C1[C@@H](CC)CCN1C(=O)C(NC(=O)CNC(=O)c1cnccn1)C(C)(C)C)C(=O)C(=O)NC1CC1. The number of carbonyl (C=O) groups excluding carboxylic acids is 6. The van der Waals surface area contributed by atoms with Gasteiger partial charge in [0.15, 0.2) is 0 Å². The smallest absolute Gasteiger partial charge is 0.289 e. The van der Waals surface area contributed by atoms with Gasteiger partial charge in [-0.2, -0.15) is 0 Å². The highest BCUT2D eigenvalue weighted by molar-refractivity contribution is 6.38. The van der Waals surface area contributed by atoms with Crippen LogP contribution in [0.25, 0.3) is 0 Å². The molecule has 250 valence electrons. The molecule has 1 aromatic rings. The summed E-state index contributed by atoms with van der Waals surface area (Å²) in [6.07, 6.45) is 9.04. The predicted octanol–water partition coefficient (Wildman–Crippen LogP) is 1.91. The van der Waals surface area contributed by atoms with E-state index in [0.29, 0.717) is 32.2 Å². The number of Topliss-reactive ketones (excluding diaryl/α,β-unsaturated/α-hetero) is 1. The maximum absolute atomic E-state index is 13.9. The van der Waals surface area contributed by atoms with Gasteiger partial charge in [-0.1, -0.05) is 67.7 Å². The summed E-state index contributed by atoms with van der Waals surface area (Å²) >= 11 is 0. The lowest BCUT2D eigenvalue weighted by Gasteiger charge is -2.36. The van der Waals surface area contributed by atoms with Gasteiger partial charge in [-0.25, -0.2) is 4.98 Å². The van der Waals surface area contributed by atoms with Gasteiger partial charge >= 0.3 is 0 Å². The average Bonchev–Trinajstić information content (AvgIpc) is 3.71. The van der Waals surface area contributed by atoms with Crippen LogP contribution in [0, 0.1) is 11.3 Å². The fourth-order valence-electron chi connectivity index (χ4n) is 5.04. The number of rotatable bonds is 13. The predicted molar refractivity (Wildman–Crippen MR) is 169 cm³/mol. The molecule has 1 aliphatic heterocycles. The van der Waals surface area contributed by atoms with Crippen LogP contribution < -0.4 is 21.3 Å². The zero-order chi connectivity index (χ0) is 33.7. The number of nitrogens with zero attached hydrogens (tertiary/aromatic N) is 3. The molecule has 13 heteroatoms. The number of likely N-dealkylation sites (tertiary alicyclic amines) is 1. The molecule has 2 heterocycles. The number of nitrogens with one attached hydrogen (secondary N) is 4. The number of hydrogen-bond donors (Lipinski definition) is 4. The van der Waals surface area contributed by atoms with Crippen molar-refractivity contribution in [3.05, 3.63) is 24.3 Å². The molecule has 3 unspecified atom stereocenters. The quantitative estimate of drug-likeness (QED) is 0.239. The summed E-state index contributed by atoms with van der Waals surface area (Å²) < 4.78 is 0. The summed E-state index contributed by atoms with van der Waals surface area (Å²) in [7, 11) is 0. The molecule has 45 heavy (non-hydrogen) atoms. The van der Waals surface area contributed by atoms with Crippen LogP contribution in [0.15, 0.2) is 18.6 Å².